The molecule has 0 aliphatic heterocycles. The summed E-state index contributed by atoms with van der Waals surface area (Å²) in [7, 11) is 1.53. The maximum absolute atomic E-state index is 13.2. The lowest BCUT2D eigenvalue weighted by atomic mass is 10.0. The Bertz CT molecular complexity index is 580. The predicted octanol–water partition coefficient (Wildman–Crippen LogP) is 2.63. The first-order valence-corrected chi connectivity index (χ1v) is 6.45. The van der Waals surface area contributed by atoms with Crippen molar-refractivity contribution in [1.29, 1.82) is 0 Å². The van der Waals surface area contributed by atoms with E-state index in [4.69, 9.17) is 10.5 Å². The Kier molecular flexibility index (Phi) is 4.44. The molecular weight excluding hydrogens is 313 g/mol. The topological polar surface area (TPSA) is 61.0 Å². The maximum Gasteiger partial charge on any atom is 0.216 e. The van der Waals surface area contributed by atoms with Crippen molar-refractivity contribution in [3.05, 3.63) is 52.1 Å². The Balaban J connectivity index is 2.20. The zero-order valence-electron chi connectivity index (χ0n) is 10.3. The summed E-state index contributed by atoms with van der Waals surface area (Å²) in [5.74, 6) is 0.171. The maximum atomic E-state index is 13.2. The lowest BCUT2D eigenvalue weighted by Crippen LogP contribution is -2.15. The number of nitrogens with two attached hydrogens (primary N) is 1. The van der Waals surface area contributed by atoms with Gasteiger partial charge in [0.25, 0.3) is 0 Å². The van der Waals surface area contributed by atoms with Crippen LogP contribution in [0.2, 0.25) is 0 Å². The molecule has 6 heteroatoms. The molecule has 2 aromatic rings. The van der Waals surface area contributed by atoms with Gasteiger partial charge in [-0.2, -0.15) is 0 Å². The first kappa shape index (κ1) is 13.9. The van der Waals surface area contributed by atoms with E-state index in [1.807, 2.05) is 0 Å². The summed E-state index contributed by atoms with van der Waals surface area (Å²) in [6.45, 7) is 0. The van der Waals surface area contributed by atoms with E-state index in [-0.39, 0.29) is 11.9 Å². The fourth-order valence-electron chi connectivity index (χ4n) is 1.71. The highest BCUT2D eigenvalue weighted by atomic mass is 79.9. The van der Waals surface area contributed by atoms with Crippen molar-refractivity contribution >= 4 is 15.9 Å². The van der Waals surface area contributed by atoms with Gasteiger partial charge in [-0.15, -0.1) is 0 Å². The molecule has 0 radical (unpaired) electrons. The number of methoxy groups -OCH3 is 1. The largest absolute Gasteiger partial charge is 0.481 e. The van der Waals surface area contributed by atoms with Gasteiger partial charge in [0.05, 0.1) is 18.8 Å². The van der Waals surface area contributed by atoms with Crippen LogP contribution in [-0.4, -0.2) is 17.1 Å². The van der Waals surface area contributed by atoms with Crippen molar-refractivity contribution in [1.82, 2.24) is 9.97 Å². The van der Waals surface area contributed by atoms with Gasteiger partial charge in [0.2, 0.25) is 5.88 Å². The Morgan fingerprint density at radius 1 is 1.37 bits per heavy atom. The number of halogens is 2. The molecule has 1 aromatic heterocycles. The summed E-state index contributed by atoms with van der Waals surface area (Å²) < 4.78 is 19.1. The van der Waals surface area contributed by atoms with Gasteiger partial charge in [0.1, 0.15) is 12.1 Å². The van der Waals surface area contributed by atoms with E-state index in [0.717, 1.165) is 10.0 Å². The summed E-state index contributed by atoms with van der Waals surface area (Å²) in [5.41, 5.74) is 7.53. The number of aromatic nitrogens is 2. The van der Waals surface area contributed by atoms with E-state index in [1.165, 1.54) is 25.6 Å². The molecule has 0 fully saturated rings. The minimum Gasteiger partial charge on any atom is -0.481 e. The van der Waals surface area contributed by atoms with Crippen LogP contribution >= 0.6 is 15.9 Å². The molecule has 1 aromatic carbocycles. The molecule has 0 aliphatic rings. The van der Waals surface area contributed by atoms with E-state index in [9.17, 15) is 4.39 Å². The average molecular weight is 326 g/mol. The van der Waals surface area contributed by atoms with E-state index < -0.39 is 0 Å². The second-order valence-electron chi connectivity index (χ2n) is 4.03. The zero-order valence-corrected chi connectivity index (χ0v) is 11.9. The number of benzene rings is 1. The fraction of sp³-hybridized carbons (Fsp3) is 0.231. The number of hydrogen-bond acceptors (Lipinski definition) is 4. The van der Waals surface area contributed by atoms with Gasteiger partial charge in [0.15, 0.2) is 0 Å². The SMILES string of the molecule is COc1cc(C(N)Cc2cc(F)ccc2Br)ncn1. The second kappa shape index (κ2) is 6.08. The number of hydrogen-bond donors (Lipinski definition) is 1. The number of ether oxygens (including phenoxy) is 1. The minimum atomic E-state index is -0.352. The van der Waals surface area contributed by atoms with Crippen LogP contribution in [0.1, 0.15) is 17.3 Å². The molecule has 2 N–H and O–H groups in total. The molecule has 2 rings (SSSR count). The van der Waals surface area contributed by atoms with E-state index in [0.29, 0.717) is 18.0 Å². The van der Waals surface area contributed by atoms with Crippen molar-refractivity contribution < 1.29 is 9.13 Å². The van der Waals surface area contributed by atoms with E-state index in [2.05, 4.69) is 25.9 Å². The van der Waals surface area contributed by atoms with Gasteiger partial charge in [0, 0.05) is 10.5 Å². The van der Waals surface area contributed by atoms with Crippen molar-refractivity contribution in [2.45, 2.75) is 12.5 Å². The normalized spacial score (nSPS) is 12.2. The molecule has 100 valence electrons. The summed E-state index contributed by atoms with van der Waals surface area (Å²) >= 11 is 3.38. The molecule has 1 heterocycles. The standard InChI is InChI=1S/C13H13BrFN3O/c1-19-13-6-12(17-7-18-13)11(16)5-8-4-9(15)2-3-10(8)14/h2-4,6-7,11H,5,16H2,1H3. The monoisotopic (exact) mass is 325 g/mol. The predicted molar refractivity (Wildman–Crippen MR) is 73.3 cm³/mol. The highest BCUT2D eigenvalue weighted by Crippen LogP contribution is 2.23. The first-order chi connectivity index (χ1) is 9.10. The summed E-state index contributed by atoms with van der Waals surface area (Å²) in [6, 6.07) is 5.85. The van der Waals surface area contributed by atoms with Crippen LogP contribution < -0.4 is 10.5 Å². The van der Waals surface area contributed by atoms with Crippen LogP contribution in [0.25, 0.3) is 0 Å². The summed E-state index contributed by atoms with van der Waals surface area (Å²) in [5, 5.41) is 0. The van der Waals surface area contributed by atoms with Crippen molar-refractivity contribution in [3.63, 3.8) is 0 Å². The molecule has 0 saturated carbocycles. The minimum absolute atomic E-state index is 0.286. The third-order valence-electron chi connectivity index (χ3n) is 2.70. The van der Waals surface area contributed by atoms with Gasteiger partial charge in [-0.3, -0.25) is 0 Å². The van der Waals surface area contributed by atoms with Crippen LogP contribution in [0.5, 0.6) is 5.88 Å². The molecule has 1 atom stereocenters. The average Bonchev–Trinajstić information content (AvgIpc) is 2.43. The smallest absolute Gasteiger partial charge is 0.216 e. The number of nitrogens with zero attached hydrogens (tertiary/aromatic N) is 2. The lowest BCUT2D eigenvalue weighted by Gasteiger charge is -2.13. The Morgan fingerprint density at radius 2 is 2.16 bits per heavy atom. The molecule has 0 saturated heterocycles. The quantitative estimate of drug-likeness (QED) is 0.938. The molecule has 0 amide bonds. The molecule has 4 nitrogen and oxygen atoms in total. The summed E-state index contributed by atoms with van der Waals surface area (Å²) in [6.07, 6.45) is 1.87. The van der Waals surface area contributed by atoms with Crippen molar-refractivity contribution in [3.8, 4) is 5.88 Å². The van der Waals surface area contributed by atoms with Crippen LogP contribution in [0, 0.1) is 5.82 Å². The molecule has 19 heavy (non-hydrogen) atoms. The fourth-order valence-corrected chi connectivity index (χ4v) is 2.12. The van der Waals surface area contributed by atoms with Gasteiger partial charge >= 0.3 is 0 Å². The molecule has 0 bridgehead atoms. The molecule has 1 unspecified atom stereocenters. The van der Waals surface area contributed by atoms with E-state index >= 15 is 0 Å². The third-order valence-corrected chi connectivity index (χ3v) is 3.47. The van der Waals surface area contributed by atoms with Crippen molar-refractivity contribution in [2.24, 2.45) is 5.73 Å². The Labute approximate surface area is 119 Å². The Hall–Kier alpha value is -1.53. The number of rotatable bonds is 4. The highest BCUT2D eigenvalue weighted by Gasteiger charge is 2.12. The van der Waals surface area contributed by atoms with Crippen LogP contribution in [0.3, 0.4) is 0 Å². The molecule has 0 spiro atoms. The lowest BCUT2D eigenvalue weighted by molar-refractivity contribution is 0.395. The summed E-state index contributed by atoms with van der Waals surface area (Å²) in [4.78, 5) is 8.03. The zero-order chi connectivity index (χ0) is 13.8. The molecular formula is C13H13BrFN3O. The Morgan fingerprint density at radius 3 is 2.89 bits per heavy atom. The van der Waals surface area contributed by atoms with Gasteiger partial charge < -0.3 is 10.5 Å². The van der Waals surface area contributed by atoms with Crippen LogP contribution in [0.4, 0.5) is 4.39 Å². The molecule has 0 aliphatic carbocycles. The van der Waals surface area contributed by atoms with Crippen LogP contribution in [-0.2, 0) is 6.42 Å². The third kappa shape index (κ3) is 3.48. The first-order valence-electron chi connectivity index (χ1n) is 5.65. The van der Waals surface area contributed by atoms with Gasteiger partial charge in [-0.25, -0.2) is 14.4 Å². The van der Waals surface area contributed by atoms with E-state index in [1.54, 1.807) is 12.1 Å². The van der Waals surface area contributed by atoms with Gasteiger partial charge in [-0.1, -0.05) is 15.9 Å². The van der Waals surface area contributed by atoms with Crippen LogP contribution in [0.15, 0.2) is 35.1 Å². The van der Waals surface area contributed by atoms with Crippen molar-refractivity contribution in [2.75, 3.05) is 7.11 Å². The van der Waals surface area contributed by atoms with Gasteiger partial charge in [-0.05, 0) is 30.2 Å². The second-order valence-corrected chi connectivity index (χ2v) is 4.89. The highest BCUT2D eigenvalue weighted by molar-refractivity contribution is 9.10.